The van der Waals surface area contributed by atoms with Crippen molar-refractivity contribution in [2.24, 2.45) is 11.7 Å². The Morgan fingerprint density at radius 3 is 2.71 bits per heavy atom. The molecule has 1 amide bonds. The molecule has 0 aromatic carbocycles. The molecule has 0 bridgehead atoms. The number of cyclic esters (lactones) is 1. The molecular formula is C10H20N2O2. The summed E-state index contributed by atoms with van der Waals surface area (Å²) < 4.78 is 5.02. The minimum absolute atomic E-state index is 0.224. The number of carbonyl (C=O) groups is 1. The molecule has 0 spiro atoms. The molecule has 14 heavy (non-hydrogen) atoms. The number of hydrogen-bond donors (Lipinski definition) is 1. The Labute approximate surface area is 85.4 Å². The van der Waals surface area contributed by atoms with Crippen molar-refractivity contribution in [1.29, 1.82) is 0 Å². The van der Waals surface area contributed by atoms with Gasteiger partial charge in [-0.2, -0.15) is 0 Å². The van der Waals surface area contributed by atoms with Crippen LogP contribution in [-0.4, -0.2) is 36.2 Å². The average molecular weight is 200 g/mol. The summed E-state index contributed by atoms with van der Waals surface area (Å²) in [6, 6.07) is 0. The fourth-order valence-corrected chi connectivity index (χ4v) is 1.67. The van der Waals surface area contributed by atoms with Crippen LogP contribution in [0.5, 0.6) is 0 Å². The number of rotatable bonds is 3. The van der Waals surface area contributed by atoms with Crippen molar-refractivity contribution in [1.82, 2.24) is 4.90 Å². The number of amides is 1. The van der Waals surface area contributed by atoms with E-state index >= 15 is 0 Å². The standard InChI is InChI=1S/C10H20N2O2/c1-8(2)10(3,7-11)12-5-4-6-14-9(12)13/h8H,4-7,11H2,1-3H3. The second kappa shape index (κ2) is 4.17. The Balaban J connectivity index is 2.81. The highest BCUT2D eigenvalue weighted by atomic mass is 16.6. The molecule has 0 aromatic heterocycles. The number of nitrogens with two attached hydrogens (primary N) is 1. The highest BCUT2D eigenvalue weighted by Crippen LogP contribution is 2.26. The van der Waals surface area contributed by atoms with E-state index in [0.717, 1.165) is 13.0 Å². The predicted molar refractivity (Wildman–Crippen MR) is 55.0 cm³/mol. The van der Waals surface area contributed by atoms with Gasteiger partial charge in [0.1, 0.15) is 0 Å². The SMILES string of the molecule is CC(C)C(C)(CN)N1CCCOC1=O. The van der Waals surface area contributed by atoms with Crippen molar-refractivity contribution in [2.75, 3.05) is 19.7 Å². The summed E-state index contributed by atoms with van der Waals surface area (Å²) in [5, 5.41) is 0. The van der Waals surface area contributed by atoms with Crippen LogP contribution in [0.1, 0.15) is 27.2 Å². The van der Waals surface area contributed by atoms with Crippen LogP contribution < -0.4 is 5.73 Å². The van der Waals surface area contributed by atoms with Gasteiger partial charge in [-0.25, -0.2) is 4.79 Å². The van der Waals surface area contributed by atoms with E-state index in [1.807, 2.05) is 6.92 Å². The van der Waals surface area contributed by atoms with Crippen LogP contribution in [0.3, 0.4) is 0 Å². The first-order valence-corrected chi connectivity index (χ1v) is 5.17. The van der Waals surface area contributed by atoms with E-state index in [9.17, 15) is 4.79 Å². The van der Waals surface area contributed by atoms with Crippen molar-refractivity contribution in [3.05, 3.63) is 0 Å². The van der Waals surface area contributed by atoms with Crippen molar-refractivity contribution in [3.63, 3.8) is 0 Å². The first-order chi connectivity index (χ1) is 6.52. The van der Waals surface area contributed by atoms with Gasteiger partial charge in [0.2, 0.25) is 0 Å². The maximum absolute atomic E-state index is 11.6. The lowest BCUT2D eigenvalue weighted by Crippen LogP contribution is -2.59. The molecule has 1 saturated heterocycles. The van der Waals surface area contributed by atoms with E-state index in [0.29, 0.717) is 19.1 Å². The topological polar surface area (TPSA) is 55.6 Å². The highest BCUT2D eigenvalue weighted by Gasteiger charge is 2.39. The molecule has 4 nitrogen and oxygen atoms in total. The predicted octanol–water partition coefficient (Wildman–Crippen LogP) is 1.20. The van der Waals surface area contributed by atoms with Crippen molar-refractivity contribution in [2.45, 2.75) is 32.7 Å². The zero-order valence-corrected chi connectivity index (χ0v) is 9.25. The van der Waals surface area contributed by atoms with Crippen molar-refractivity contribution >= 4 is 6.09 Å². The second-order valence-corrected chi connectivity index (χ2v) is 4.34. The minimum Gasteiger partial charge on any atom is -0.449 e. The molecule has 1 rings (SSSR count). The van der Waals surface area contributed by atoms with Crippen molar-refractivity contribution < 1.29 is 9.53 Å². The smallest absolute Gasteiger partial charge is 0.410 e. The summed E-state index contributed by atoms with van der Waals surface area (Å²) in [5.74, 6) is 0.332. The summed E-state index contributed by atoms with van der Waals surface area (Å²) in [5.41, 5.74) is 5.47. The van der Waals surface area contributed by atoms with Crippen LogP contribution >= 0.6 is 0 Å². The molecule has 1 heterocycles. The molecule has 1 aliphatic heterocycles. The maximum atomic E-state index is 11.6. The van der Waals surface area contributed by atoms with Gasteiger partial charge >= 0.3 is 6.09 Å². The Bertz CT molecular complexity index is 218. The minimum atomic E-state index is -0.280. The average Bonchev–Trinajstić information content (AvgIpc) is 2.17. The Morgan fingerprint density at radius 2 is 2.29 bits per heavy atom. The Kier molecular flexibility index (Phi) is 3.37. The number of nitrogens with zero attached hydrogens (tertiary/aromatic N) is 1. The lowest BCUT2D eigenvalue weighted by Gasteiger charge is -2.44. The van der Waals surface area contributed by atoms with Gasteiger partial charge in [-0.05, 0) is 19.3 Å². The van der Waals surface area contributed by atoms with Gasteiger partial charge in [-0.15, -0.1) is 0 Å². The molecule has 0 saturated carbocycles. The van der Waals surface area contributed by atoms with Crippen molar-refractivity contribution in [3.8, 4) is 0 Å². The Hall–Kier alpha value is -0.770. The first-order valence-electron chi connectivity index (χ1n) is 5.17. The van der Waals surface area contributed by atoms with E-state index < -0.39 is 0 Å². The van der Waals surface area contributed by atoms with Gasteiger partial charge in [0.05, 0.1) is 12.1 Å². The van der Waals surface area contributed by atoms with Crippen LogP contribution in [-0.2, 0) is 4.74 Å². The van der Waals surface area contributed by atoms with E-state index in [4.69, 9.17) is 10.5 Å². The van der Waals surface area contributed by atoms with E-state index in [-0.39, 0.29) is 11.6 Å². The third-order valence-electron chi connectivity index (χ3n) is 3.25. The summed E-state index contributed by atoms with van der Waals surface area (Å²) in [7, 11) is 0. The molecule has 82 valence electrons. The molecule has 2 N–H and O–H groups in total. The van der Waals surface area contributed by atoms with Crippen LogP contribution in [0.2, 0.25) is 0 Å². The maximum Gasteiger partial charge on any atom is 0.410 e. The van der Waals surface area contributed by atoms with Crippen LogP contribution in [0, 0.1) is 5.92 Å². The summed E-state index contributed by atoms with van der Waals surface area (Å²) in [4.78, 5) is 13.3. The summed E-state index contributed by atoms with van der Waals surface area (Å²) in [6.07, 6.45) is 0.673. The third kappa shape index (κ3) is 1.85. The molecule has 4 heteroatoms. The van der Waals surface area contributed by atoms with Gasteiger partial charge < -0.3 is 15.4 Å². The summed E-state index contributed by atoms with van der Waals surface area (Å²) >= 11 is 0. The summed E-state index contributed by atoms with van der Waals surface area (Å²) in [6.45, 7) is 7.94. The molecule has 0 aromatic rings. The third-order valence-corrected chi connectivity index (χ3v) is 3.25. The zero-order valence-electron chi connectivity index (χ0n) is 9.25. The van der Waals surface area contributed by atoms with E-state index in [1.165, 1.54) is 0 Å². The van der Waals surface area contributed by atoms with Crippen LogP contribution in [0.15, 0.2) is 0 Å². The lowest BCUT2D eigenvalue weighted by atomic mass is 9.86. The highest BCUT2D eigenvalue weighted by molar-refractivity contribution is 5.69. The monoisotopic (exact) mass is 200 g/mol. The number of carbonyl (C=O) groups excluding carboxylic acids is 1. The van der Waals surface area contributed by atoms with Gasteiger partial charge in [0, 0.05) is 13.1 Å². The largest absolute Gasteiger partial charge is 0.449 e. The molecule has 1 fully saturated rings. The molecule has 1 unspecified atom stereocenters. The fourth-order valence-electron chi connectivity index (χ4n) is 1.67. The number of ether oxygens (including phenoxy) is 1. The van der Waals surface area contributed by atoms with Gasteiger partial charge in [0.15, 0.2) is 0 Å². The molecule has 0 aliphatic carbocycles. The van der Waals surface area contributed by atoms with Gasteiger partial charge in [-0.3, -0.25) is 0 Å². The fraction of sp³-hybridized carbons (Fsp3) is 0.900. The molecule has 1 atom stereocenters. The molecule has 1 aliphatic rings. The van der Waals surface area contributed by atoms with Crippen LogP contribution in [0.25, 0.3) is 0 Å². The quantitative estimate of drug-likeness (QED) is 0.744. The van der Waals surface area contributed by atoms with Gasteiger partial charge in [0.25, 0.3) is 0 Å². The first kappa shape index (κ1) is 11.3. The van der Waals surface area contributed by atoms with Crippen LogP contribution in [0.4, 0.5) is 4.79 Å². The van der Waals surface area contributed by atoms with E-state index in [1.54, 1.807) is 4.90 Å². The second-order valence-electron chi connectivity index (χ2n) is 4.34. The normalized spacial score (nSPS) is 22.1. The number of hydrogen-bond acceptors (Lipinski definition) is 3. The van der Waals surface area contributed by atoms with E-state index in [2.05, 4.69) is 13.8 Å². The Morgan fingerprint density at radius 1 is 1.64 bits per heavy atom. The molecule has 0 radical (unpaired) electrons. The molecular weight excluding hydrogens is 180 g/mol. The zero-order chi connectivity index (χ0) is 10.8. The van der Waals surface area contributed by atoms with Gasteiger partial charge in [-0.1, -0.05) is 13.8 Å². The lowest BCUT2D eigenvalue weighted by molar-refractivity contribution is 0.0108.